The van der Waals surface area contributed by atoms with Crippen LogP contribution in [0.4, 0.5) is 0 Å². The number of rotatable bonds is 4. The van der Waals surface area contributed by atoms with Gasteiger partial charge in [-0.05, 0) is 43.7 Å². The van der Waals surface area contributed by atoms with E-state index in [0.29, 0.717) is 10.6 Å². The molecule has 0 aromatic heterocycles. The number of hydrogen-bond donors (Lipinski definition) is 2. The summed E-state index contributed by atoms with van der Waals surface area (Å²) in [5.41, 5.74) is 7.44. The lowest BCUT2D eigenvalue weighted by Gasteiger charge is -2.09. The van der Waals surface area contributed by atoms with E-state index in [2.05, 4.69) is 10.9 Å². The van der Waals surface area contributed by atoms with E-state index in [1.165, 1.54) is 17.8 Å². The van der Waals surface area contributed by atoms with Crippen LogP contribution in [0.3, 0.4) is 0 Å². The fraction of sp³-hybridized carbons (Fsp3) is 0.176. The lowest BCUT2D eigenvalue weighted by Crippen LogP contribution is -2.42. The Labute approximate surface area is 144 Å². The number of halogens is 1. The largest absolute Gasteiger partial charge is 0.272 e. The molecule has 23 heavy (non-hydrogen) atoms. The van der Waals surface area contributed by atoms with Crippen molar-refractivity contribution in [2.45, 2.75) is 18.7 Å². The molecule has 2 aromatic rings. The first-order valence-electron chi connectivity index (χ1n) is 7.00. The highest BCUT2D eigenvalue weighted by Crippen LogP contribution is 2.23. The third kappa shape index (κ3) is 5.30. The maximum absolute atomic E-state index is 11.9. The molecule has 0 heterocycles. The number of hydrazine groups is 1. The highest BCUT2D eigenvalue weighted by atomic mass is 35.5. The second-order valence-corrected chi connectivity index (χ2v) is 6.52. The highest BCUT2D eigenvalue weighted by molar-refractivity contribution is 8.00. The minimum atomic E-state index is -0.405. The minimum absolute atomic E-state index is 0.222. The van der Waals surface area contributed by atoms with E-state index >= 15 is 0 Å². The summed E-state index contributed by atoms with van der Waals surface area (Å²) >= 11 is 7.26. The van der Waals surface area contributed by atoms with Gasteiger partial charge in [-0.15, -0.1) is 11.8 Å². The monoisotopic (exact) mass is 348 g/mol. The molecule has 4 nitrogen and oxygen atoms in total. The molecule has 0 spiro atoms. The van der Waals surface area contributed by atoms with Crippen LogP contribution in [-0.2, 0) is 4.79 Å². The van der Waals surface area contributed by atoms with Crippen molar-refractivity contribution in [2.75, 3.05) is 5.75 Å². The molecule has 2 N–H and O–H groups in total. The molecule has 6 heteroatoms. The predicted octanol–water partition coefficient (Wildman–Crippen LogP) is 3.51. The lowest BCUT2D eigenvalue weighted by atomic mass is 10.2. The van der Waals surface area contributed by atoms with Crippen LogP contribution in [-0.4, -0.2) is 17.6 Å². The van der Waals surface area contributed by atoms with Gasteiger partial charge in [0.05, 0.1) is 5.75 Å². The van der Waals surface area contributed by atoms with Crippen LogP contribution < -0.4 is 10.9 Å². The highest BCUT2D eigenvalue weighted by Gasteiger charge is 2.09. The average molecular weight is 349 g/mol. The lowest BCUT2D eigenvalue weighted by molar-refractivity contribution is -0.119. The van der Waals surface area contributed by atoms with Crippen molar-refractivity contribution in [3.05, 3.63) is 64.2 Å². The zero-order valence-corrected chi connectivity index (χ0v) is 14.4. The predicted molar refractivity (Wildman–Crippen MR) is 93.7 cm³/mol. The number of nitrogens with one attached hydrogen (secondary N) is 2. The smallest absolute Gasteiger partial charge is 0.269 e. The topological polar surface area (TPSA) is 58.2 Å². The van der Waals surface area contributed by atoms with E-state index in [0.717, 1.165) is 16.0 Å². The van der Waals surface area contributed by atoms with Crippen molar-refractivity contribution in [2.24, 2.45) is 0 Å². The fourth-order valence-corrected chi connectivity index (χ4v) is 2.98. The second-order valence-electron chi connectivity index (χ2n) is 5.07. The van der Waals surface area contributed by atoms with Crippen LogP contribution in [0.1, 0.15) is 21.5 Å². The number of carbonyl (C=O) groups excluding carboxylic acids is 2. The Bertz CT molecular complexity index is 734. The minimum Gasteiger partial charge on any atom is -0.272 e. The Kier molecular flexibility index (Phi) is 6.07. The van der Waals surface area contributed by atoms with Crippen molar-refractivity contribution in [1.82, 2.24) is 10.9 Å². The van der Waals surface area contributed by atoms with Crippen LogP contribution in [0, 0.1) is 13.8 Å². The molecule has 0 aliphatic carbocycles. The molecule has 0 fully saturated rings. The molecule has 2 rings (SSSR count). The molecule has 0 atom stereocenters. The Balaban J connectivity index is 1.83. The van der Waals surface area contributed by atoms with Crippen LogP contribution in [0.5, 0.6) is 0 Å². The molecule has 0 unspecified atom stereocenters. The average Bonchev–Trinajstić information content (AvgIpc) is 2.53. The van der Waals surface area contributed by atoms with Gasteiger partial charge < -0.3 is 0 Å². The zero-order chi connectivity index (χ0) is 16.8. The van der Waals surface area contributed by atoms with E-state index in [-0.39, 0.29) is 11.7 Å². The molecule has 2 aromatic carbocycles. The molecular weight excluding hydrogens is 332 g/mol. The van der Waals surface area contributed by atoms with Crippen molar-refractivity contribution < 1.29 is 9.59 Å². The van der Waals surface area contributed by atoms with Gasteiger partial charge in [-0.3, -0.25) is 20.4 Å². The summed E-state index contributed by atoms with van der Waals surface area (Å²) in [6, 6.07) is 12.6. The van der Waals surface area contributed by atoms with Gasteiger partial charge in [0.15, 0.2) is 0 Å². The maximum Gasteiger partial charge on any atom is 0.269 e. The van der Waals surface area contributed by atoms with Crippen LogP contribution in [0.25, 0.3) is 0 Å². The van der Waals surface area contributed by atoms with E-state index in [1.807, 2.05) is 32.0 Å². The Morgan fingerprint density at radius 2 is 1.87 bits per heavy atom. The molecule has 120 valence electrons. The summed E-state index contributed by atoms with van der Waals surface area (Å²) in [6.07, 6.45) is 0. The number of amides is 2. The summed E-state index contributed by atoms with van der Waals surface area (Å²) in [5.74, 6) is -0.455. The molecular formula is C17H17ClN2O2S. The standard InChI is InChI=1S/C17H17ClN2O2S/c1-11-6-7-12(2)15(8-11)23-10-16(21)19-20-17(22)13-4-3-5-14(18)9-13/h3-9H,10H2,1-2H3,(H,19,21)(H,20,22). The van der Waals surface area contributed by atoms with Crippen molar-refractivity contribution in [1.29, 1.82) is 0 Å². The van der Waals surface area contributed by atoms with E-state index in [1.54, 1.807) is 18.2 Å². The number of thioether (sulfide) groups is 1. The summed E-state index contributed by atoms with van der Waals surface area (Å²) in [5, 5.41) is 0.467. The molecule has 0 saturated carbocycles. The number of benzene rings is 2. The number of hydrogen-bond acceptors (Lipinski definition) is 3. The van der Waals surface area contributed by atoms with Crippen molar-refractivity contribution in [3.8, 4) is 0 Å². The first kappa shape index (κ1) is 17.4. The van der Waals surface area contributed by atoms with Crippen LogP contribution in [0.15, 0.2) is 47.4 Å². The van der Waals surface area contributed by atoms with Gasteiger partial charge in [-0.1, -0.05) is 35.4 Å². The first-order chi connectivity index (χ1) is 11.0. The summed E-state index contributed by atoms with van der Waals surface area (Å²) in [6.45, 7) is 4.01. The van der Waals surface area contributed by atoms with Gasteiger partial charge in [0, 0.05) is 15.5 Å². The molecule has 0 radical (unpaired) electrons. The van der Waals surface area contributed by atoms with Crippen molar-refractivity contribution >= 4 is 35.2 Å². The normalized spacial score (nSPS) is 10.2. The van der Waals surface area contributed by atoms with Gasteiger partial charge in [0.1, 0.15) is 0 Å². The molecule has 0 saturated heterocycles. The molecule has 2 amide bonds. The Hall–Kier alpha value is -1.98. The van der Waals surface area contributed by atoms with Crippen LogP contribution in [0.2, 0.25) is 5.02 Å². The van der Waals surface area contributed by atoms with E-state index in [4.69, 9.17) is 11.6 Å². The first-order valence-corrected chi connectivity index (χ1v) is 8.37. The quantitative estimate of drug-likeness (QED) is 0.656. The van der Waals surface area contributed by atoms with Gasteiger partial charge in [0.2, 0.25) is 5.91 Å². The third-order valence-electron chi connectivity index (χ3n) is 3.10. The van der Waals surface area contributed by atoms with E-state index < -0.39 is 5.91 Å². The zero-order valence-electron chi connectivity index (χ0n) is 12.9. The molecule has 0 bridgehead atoms. The van der Waals surface area contributed by atoms with Gasteiger partial charge in [-0.25, -0.2) is 0 Å². The SMILES string of the molecule is Cc1ccc(C)c(SCC(=O)NNC(=O)c2cccc(Cl)c2)c1. The van der Waals surface area contributed by atoms with Crippen molar-refractivity contribution in [3.63, 3.8) is 0 Å². The van der Waals surface area contributed by atoms with Gasteiger partial charge >= 0.3 is 0 Å². The molecule has 0 aliphatic rings. The summed E-state index contributed by atoms with van der Waals surface area (Å²) in [4.78, 5) is 24.8. The summed E-state index contributed by atoms with van der Waals surface area (Å²) in [7, 11) is 0. The Morgan fingerprint density at radius 1 is 1.09 bits per heavy atom. The number of aryl methyl sites for hydroxylation is 2. The fourth-order valence-electron chi connectivity index (χ4n) is 1.87. The molecule has 0 aliphatic heterocycles. The van der Waals surface area contributed by atoms with Crippen LogP contribution >= 0.6 is 23.4 Å². The van der Waals surface area contributed by atoms with E-state index in [9.17, 15) is 9.59 Å². The second kappa shape index (κ2) is 8.04. The maximum atomic E-state index is 11.9. The number of carbonyl (C=O) groups is 2. The summed E-state index contributed by atoms with van der Waals surface area (Å²) < 4.78 is 0. The van der Waals surface area contributed by atoms with Gasteiger partial charge in [-0.2, -0.15) is 0 Å². The van der Waals surface area contributed by atoms with Gasteiger partial charge in [0.25, 0.3) is 5.91 Å². The Morgan fingerprint density at radius 3 is 2.61 bits per heavy atom. The third-order valence-corrected chi connectivity index (χ3v) is 4.50.